The van der Waals surface area contributed by atoms with Crippen LogP contribution in [0, 0.1) is 0 Å². The Labute approximate surface area is 187 Å². The van der Waals surface area contributed by atoms with Crippen molar-refractivity contribution in [3.05, 3.63) is 95.6 Å². The SMILES string of the molecule is COc1ccc(COC(=O)/C=C/c2ccc(S(=O)(=O)N3CCc4ccccc43)cc2)cc1. The molecule has 0 saturated heterocycles. The number of esters is 1. The highest BCUT2D eigenvalue weighted by atomic mass is 32.2. The first kappa shape index (κ1) is 21.6. The van der Waals surface area contributed by atoms with Gasteiger partial charge in [0.15, 0.2) is 0 Å². The maximum Gasteiger partial charge on any atom is 0.331 e. The minimum Gasteiger partial charge on any atom is -0.497 e. The lowest BCUT2D eigenvalue weighted by Crippen LogP contribution is -2.29. The lowest BCUT2D eigenvalue weighted by molar-refractivity contribution is -0.138. The van der Waals surface area contributed by atoms with Crippen LogP contribution in [-0.4, -0.2) is 28.0 Å². The second kappa shape index (κ2) is 9.28. The zero-order valence-electron chi connectivity index (χ0n) is 17.6. The summed E-state index contributed by atoms with van der Waals surface area (Å²) < 4.78 is 37.9. The van der Waals surface area contributed by atoms with E-state index in [4.69, 9.17) is 9.47 Å². The largest absolute Gasteiger partial charge is 0.497 e. The lowest BCUT2D eigenvalue weighted by Gasteiger charge is -2.19. The zero-order valence-corrected chi connectivity index (χ0v) is 18.4. The Hall–Kier alpha value is -3.58. The van der Waals surface area contributed by atoms with Crippen LogP contribution in [0.15, 0.2) is 83.8 Å². The molecule has 0 atom stereocenters. The molecule has 3 aromatic rings. The van der Waals surface area contributed by atoms with Gasteiger partial charge in [0.2, 0.25) is 0 Å². The number of benzene rings is 3. The molecular weight excluding hydrogens is 426 g/mol. The van der Waals surface area contributed by atoms with Gasteiger partial charge >= 0.3 is 5.97 Å². The molecule has 164 valence electrons. The second-order valence-electron chi connectivity index (χ2n) is 7.31. The number of ether oxygens (including phenoxy) is 2. The molecule has 4 rings (SSSR count). The molecule has 0 aliphatic carbocycles. The molecule has 1 heterocycles. The fraction of sp³-hybridized carbons (Fsp3) is 0.160. The third kappa shape index (κ3) is 4.68. The number of anilines is 1. The van der Waals surface area contributed by atoms with E-state index in [1.54, 1.807) is 49.6 Å². The number of hydrogen-bond acceptors (Lipinski definition) is 5. The third-order valence-electron chi connectivity index (χ3n) is 5.26. The molecule has 0 saturated carbocycles. The highest BCUT2D eigenvalue weighted by Gasteiger charge is 2.30. The average molecular weight is 450 g/mol. The molecule has 0 amide bonds. The molecule has 3 aromatic carbocycles. The standard InChI is InChI=1S/C25H23NO5S/c1-30-22-11-6-20(7-12-22)18-31-25(27)15-10-19-8-13-23(14-9-19)32(28,29)26-17-16-21-4-2-3-5-24(21)26/h2-15H,16-18H2,1H3/b15-10+. The predicted octanol–water partition coefficient (Wildman–Crippen LogP) is 4.20. The normalized spacial score (nSPS) is 13.2. The first-order valence-corrected chi connectivity index (χ1v) is 11.6. The Bertz CT molecular complexity index is 1230. The van der Waals surface area contributed by atoms with Crippen LogP contribution in [-0.2, 0) is 32.6 Å². The molecule has 7 heteroatoms. The number of para-hydroxylation sites is 1. The fourth-order valence-electron chi connectivity index (χ4n) is 3.52. The van der Waals surface area contributed by atoms with Gasteiger partial charge in [0.1, 0.15) is 12.4 Å². The van der Waals surface area contributed by atoms with Crippen molar-refractivity contribution < 1.29 is 22.7 Å². The van der Waals surface area contributed by atoms with Gasteiger partial charge in [-0.1, -0.05) is 42.5 Å². The van der Waals surface area contributed by atoms with Crippen molar-refractivity contribution in [3.63, 3.8) is 0 Å². The van der Waals surface area contributed by atoms with E-state index in [9.17, 15) is 13.2 Å². The second-order valence-corrected chi connectivity index (χ2v) is 9.18. The number of carbonyl (C=O) groups is 1. The van der Waals surface area contributed by atoms with E-state index in [0.717, 1.165) is 22.6 Å². The summed E-state index contributed by atoms with van der Waals surface area (Å²) in [5, 5.41) is 0. The molecule has 0 radical (unpaired) electrons. The van der Waals surface area contributed by atoms with Gasteiger partial charge in [0.05, 0.1) is 17.7 Å². The quantitative estimate of drug-likeness (QED) is 0.399. The van der Waals surface area contributed by atoms with Crippen molar-refractivity contribution in [2.24, 2.45) is 0 Å². The Balaban J connectivity index is 1.38. The molecule has 0 N–H and O–H groups in total. The first-order chi connectivity index (χ1) is 15.5. The molecule has 0 bridgehead atoms. The number of methoxy groups -OCH3 is 1. The Kier molecular flexibility index (Phi) is 6.28. The van der Waals surface area contributed by atoms with Crippen LogP contribution in [0.4, 0.5) is 5.69 Å². The van der Waals surface area contributed by atoms with E-state index in [0.29, 0.717) is 18.5 Å². The highest BCUT2D eigenvalue weighted by Crippen LogP contribution is 2.32. The predicted molar refractivity (Wildman–Crippen MR) is 123 cm³/mol. The monoisotopic (exact) mass is 449 g/mol. The van der Waals surface area contributed by atoms with Crippen LogP contribution >= 0.6 is 0 Å². The smallest absolute Gasteiger partial charge is 0.331 e. The fourth-order valence-corrected chi connectivity index (χ4v) is 5.03. The summed E-state index contributed by atoms with van der Waals surface area (Å²) in [6, 6.07) is 21.2. The third-order valence-corrected chi connectivity index (χ3v) is 7.09. The average Bonchev–Trinajstić information content (AvgIpc) is 3.27. The number of fused-ring (bicyclic) bond motifs is 1. The van der Waals surface area contributed by atoms with Gasteiger partial charge in [0.25, 0.3) is 10.0 Å². The molecule has 32 heavy (non-hydrogen) atoms. The summed E-state index contributed by atoms with van der Waals surface area (Å²) in [5.41, 5.74) is 3.32. The molecule has 6 nitrogen and oxygen atoms in total. The Morgan fingerprint density at radius 2 is 1.72 bits per heavy atom. The molecule has 0 spiro atoms. The van der Waals surface area contributed by atoms with Gasteiger partial charge < -0.3 is 9.47 Å². The van der Waals surface area contributed by atoms with Gasteiger partial charge in [0, 0.05) is 12.6 Å². The van der Waals surface area contributed by atoms with Crippen LogP contribution in [0.1, 0.15) is 16.7 Å². The van der Waals surface area contributed by atoms with Gasteiger partial charge in [-0.2, -0.15) is 0 Å². The van der Waals surface area contributed by atoms with E-state index >= 15 is 0 Å². The van der Waals surface area contributed by atoms with Crippen molar-refractivity contribution in [2.75, 3.05) is 18.0 Å². The Morgan fingerprint density at radius 3 is 2.44 bits per heavy atom. The van der Waals surface area contributed by atoms with Gasteiger partial charge in [-0.15, -0.1) is 0 Å². The van der Waals surface area contributed by atoms with Crippen molar-refractivity contribution in [2.45, 2.75) is 17.9 Å². The van der Waals surface area contributed by atoms with Crippen molar-refractivity contribution in [1.29, 1.82) is 0 Å². The van der Waals surface area contributed by atoms with Gasteiger partial charge in [-0.25, -0.2) is 13.2 Å². The minimum absolute atomic E-state index is 0.154. The van der Waals surface area contributed by atoms with Crippen molar-refractivity contribution in [3.8, 4) is 5.75 Å². The van der Waals surface area contributed by atoms with Crippen LogP contribution in [0.5, 0.6) is 5.75 Å². The summed E-state index contributed by atoms with van der Waals surface area (Å²) in [4.78, 5) is 12.2. The summed E-state index contributed by atoms with van der Waals surface area (Å²) in [7, 11) is -2.05. The number of nitrogens with zero attached hydrogens (tertiary/aromatic N) is 1. The lowest BCUT2D eigenvalue weighted by atomic mass is 10.2. The van der Waals surface area contributed by atoms with E-state index in [1.807, 2.05) is 36.4 Å². The highest BCUT2D eigenvalue weighted by molar-refractivity contribution is 7.92. The zero-order chi connectivity index (χ0) is 22.6. The Morgan fingerprint density at radius 1 is 1.00 bits per heavy atom. The number of rotatable bonds is 7. The van der Waals surface area contributed by atoms with Crippen LogP contribution < -0.4 is 9.04 Å². The van der Waals surface area contributed by atoms with Crippen molar-refractivity contribution in [1.82, 2.24) is 0 Å². The maximum absolute atomic E-state index is 13.1. The first-order valence-electron chi connectivity index (χ1n) is 10.2. The number of sulfonamides is 1. The molecule has 0 fully saturated rings. The number of carbonyl (C=O) groups excluding carboxylic acids is 1. The molecule has 0 unspecified atom stereocenters. The van der Waals surface area contributed by atoms with E-state index in [-0.39, 0.29) is 11.5 Å². The van der Waals surface area contributed by atoms with E-state index in [1.165, 1.54) is 10.4 Å². The minimum atomic E-state index is -3.64. The maximum atomic E-state index is 13.1. The summed E-state index contributed by atoms with van der Waals surface area (Å²) >= 11 is 0. The van der Waals surface area contributed by atoms with Crippen LogP contribution in [0.2, 0.25) is 0 Å². The van der Waals surface area contributed by atoms with Crippen molar-refractivity contribution >= 4 is 27.8 Å². The van der Waals surface area contributed by atoms with E-state index in [2.05, 4.69) is 0 Å². The van der Waals surface area contributed by atoms with E-state index < -0.39 is 16.0 Å². The number of hydrogen-bond donors (Lipinski definition) is 0. The summed E-state index contributed by atoms with van der Waals surface area (Å²) in [5.74, 6) is 0.255. The molecule has 1 aliphatic heterocycles. The molecule has 1 aliphatic rings. The van der Waals surface area contributed by atoms with Crippen LogP contribution in [0.25, 0.3) is 6.08 Å². The van der Waals surface area contributed by atoms with Gasteiger partial charge in [-0.05, 0) is 59.5 Å². The topological polar surface area (TPSA) is 72.9 Å². The molecular formula is C25H23NO5S. The van der Waals surface area contributed by atoms with Crippen LogP contribution in [0.3, 0.4) is 0 Å². The van der Waals surface area contributed by atoms with Gasteiger partial charge in [-0.3, -0.25) is 4.31 Å². The summed E-state index contributed by atoms with van der Waals surface area (Å²) in [6.45, 7) is 0.588. The molecule has 0 aromatic heterocycles. The summed E-state index contributed by atoms with van der Waals surface area (Å²) in [6.07, 6.45) is 3.62.